The maximum absolute atomic E-state index is 12.5. The van der Waals surface area contributed by atoms with E-state index in [1.807, 2.05) is 18.2 Å². The molecule has 0 unspecified atom stereocenters. The molecule has 0 atom stereocenters. The third-order valence-electron chi connectivity index (χ3n) is 3.56. The monoisotopic (exact) mass is 320 g/mol. The van der Waals surface area contributed by atoms with Gasteiger partial charge in [0.15, 0.2) is 0 Å². The Morgan fingerprint density at radius 1 is 1.19 bits per heavy atom. The van der Waals surface area contributed by atoms with Crippen molar-refractivity contribution in [3.63, 3.8) is 0 Å². The quantitative estimate of drug-likeness (QED) is 0.881. The van der Waals surface area contributed by atoms with Crippen LogP contribution in [0.5, 0.6) is 0 Å². The first-order valence-electron chi connectivity index (χ1n) is 6.73. The molecule has 0 fully saturated rings. The minimum atomic E-state index is -0.155. The second kappa shape index (κ2) is 6.06. The summed E-state index contributed by atoms with van der Waals surface area (Å²) in [4.78, 5) is 12.5. The van der Waals surface area contributed by atoms with Crippen LogP contribution < -0.4 is 10.6 Å². The van der Waals surface area contributed by atoms with E-state index in [-0.39, 0.29) is 5.91 Å². The van der Waals surface area contributed by atoms with Gasteiger partial charge in [-0.05, 0) is 48.4 Å². The summed E-state index contributed by atoms with van der Waals surface area (Å²) < 4.78 is 0. The topological polar surface area (TPSA) is 41.1 Å². The van der Waals surface area contributed by atoms with E-state index in [4.69, 9.17) is 23.2 Å². The fraction of sp³-hybridized carbons (Fsp3) is 0.188. The second-order valence-corrected chi connectivity index (χ2v) is 5.79. The summed E-state index contributed by atoms with van der Waals surface area (Å²) >= 11 is 12.0. The van der Waals surface area contributed by atoms with Gasteiger partial charge in [-0.1, -0.05) is 35.3 Å². The number of carbonyl (C=O) groups is 1. The van der Waals surface area contributed by atoms with Crippen LogP contribution >= 0.6 is 23.2 Å². The smallest absolute Gasteiger partial charge is 0.255 e. The summed E-state index contributed by atoms with van der Waals surface area (Å²) in [5.41, 5.74) is 3.50. The van der Waals surface area contributed by atoms with E-state index in [0.717, 1.165) is 25.1 Å². The SMILES string of the molecule is O=C(Nc1cc(Cl)ccc1Cl)c1cccc2c1CCNC2. The molecule has 0 aliphatic carbocycles. The minimum absolute atomic E-state index is 0.155. The van der Waals surface area contributed by atoms with Gasteiger partial charge in [0.1, 0.15) is 0 Å². The molecule has 0 spiro atoms. The van der Waals surface area contributed by atoms with Gasteiger partial charge in [-0.15, -0.1) is 0 Å². The third kappa shape index (κ3) is 3.05. The fourth-order valence-corrected chi connectivity index (χ4v) is 2.86. The molecular weight excluding hydrogens is 307 g/mol. The number of amides is 1. The van der Waals surface area contributed by atoms with Crippen molar-refractivity contribution in [1.82, 2.24) is 5.32 Å². The van der Waals surface area contributed by atoms with E-state index in [0.29, 0.717) is 21.3 Å². The summed E-state index contributed by atoms with van der Waals surface area (Å²) in [5, 5.41) is 7.15. The summed E-state index contributed by atoms with van der Waals surface area (Å²) in [6, 6.07) is 10.8. The molecule has 21 heavy (non-hydrogen) atoms. The van der Waals surface area contributed by atoms with Crippen molar-refractivity contribution >= 4 is 34.8 Å². The summed E-state index contributed by atoms with van der Waals surface area (Å²) in [5.74, 6) is -0.155. The molecule has 1 aliphatic rings. The molecule has 3 nitrogen and oxygen atoms in total. The molecule has 3 rings (SSSR count). The zero-order valence-electron chi connectivity index (χ0n) is 11.2. The lowest BCUT2D eigenvalue weighted by Gasteiger charge is -2.20. The number of anilines is 1. The van der Waals surface area contributed by atoms with Crippen LogP contribution in [0.2, 0.25) is 10.0 Å². The molecular formula is C16H14Cl2N2O. The van der Waals surface area contributed by atoms with Gasteiger partial charge in [-0.25, -0.2) is 0 Å². The Balaban J connectivity index is 1.91. The van der Waals surface area contributed by atoms with Crippen molar-refractivity contribution < 1.29 is 4.79 Å². The lowest BCUT2D eigenvalue weighted by atomic mass is 9.95. The number of benzene rings is 2. The van der Waals surface area contributed by atoms with E-state index in [1.54, 1.807) is 18.2 Å². The van der Waals surface area contributed by atoms with Gasteiger partial charge >= 0.3 is 0 Å². The van der Waals surface area contributed by atoms with Crippen LogP contribution in [0.1, 0.15) is 21.5 Å². The fourth-order valence-electron chi connectivity index (χ4n) is 2.53. The standard InChI is InChI=1S/C16H14Cl2N2O/c17-11-4-5-14(18)15(8-11)20-16(21)13-3-1-2-10-9-19-7-6-12(10)13/h1-5,8,19H,6-7,9H2,(H,20,21). The Morgan fingerprint density at radius 2 is 2.05 bits per heavy atom. The highest BCUT2D eigenvalue weighted by Crippen LogP contribution is 2.27. The Kier molecular flexibility index (Phi) is 4.15. The van der Waals surface area contributed by atoms with Gasteiger partial charge in [0.05, 0.1) is 10.7 Å². The Hall–Kier alpha value is -1.55. The first-order chi connectivity index (χ1) is 10.1. The average Bonchev–Trinajstić information content (AvgIpc) is 2.50. The molecule has 0 aromatic heterocycles. The normalized spacial score (nSPS) is 13.6. The molecule has 0 bridgehead atoms. The number of hydrogen-bond donors (Lipinski definition) is 2. The molecule has 1 aliphatic heterocycles. The number of hydrogen-bond acceptors (Lipinski definition) is 2. The van der Waals surface area contributed by atoms with E-state index in [9.17, 15) is 4.79 Å². The van der Waals surface area contributed by atoms with Gasteiger partial charge in [0.2, 0.25) is 0 Å². The van der Waals surface area contributed by atoms with Crippen molar-refractivity contribution in [2.45, 2.75) is 13.0 Å². The van der Waals surface area contributed by atoms with Gasteiger partial charge < -0.3 is 10.6 Å². The van der Waals surface area contributed by atoms with Crippen molar-refractivity contribution in [3.05, 3.63) is 63.1 Å². The summed E-state index contributed by atoms with van der Waals surface area (Å²) in [6.45, 7) is 1.68. The first-order valence-corrected chi connectivity index (χ1v) is 7.48. The summed E-state index contributed by atoms with van der Waals surface area (Å²) in [7, 11) is 0. The van der Waals surface area contributed by atoms with Gasteiger partial charge in [-0.2, -0.15) is 0 Å². The summed E-state index contributed by atoms with van der Waals surface area (Å²) in [6.07, 6.45) is 0.849. The Morgan fingerprint density at radius 3 is 2.90 bits per heavy atom. The lowest BCUT2D eigenvalue weighted by Crippen LogP contribution is -2.26. The van der Waals surface area contributed by atoms with Crippen LogP contribution in [0.15, 0.2) is 36.4 Å². The molecule has 2 aromatic rings. The van der Waals surface area contributed by atoms with Crippen molar-refractivity contribution in [2.24, 2.45) is 0 Å². The molecule has 1 amide bonds. The minimum Gasteiger partial charge on any atom is -0.321 e. The molecule has 0 saturated carbocycles. The van der Waals surface area contributed by atoms with Crippen molar-refractivity contribution in [2.75, 3.05) is 11.9 Å². The van der Waals surface area contributed by atoms with Crippen molar-refractivity contribution in [3.8, 4) is 0 Å². The zero-order chi connectivity index (χ0) is 14.8. The van der Waals surface area contributed by atoms with Crippen LogP contribution in [0.4, 0.5) is 5.69 Å². The second-order valence-electron chi connectivity index (χ2n) is 4.95. The molecule has 5 heteroatoms. The molecule has 1 heterocycles. The Bertz CT molecular complexity index is 701. The molecule has 2 aromatic carbocycles. The van der Waals surface area contributed by atoms with E-state index in [1.165, 1.54) is 5.56 Å². The van der Waals surface area contributed by atoms with Crippen LogP contribution in [0.25, 0.3) is 0 Å². The first kappa shape index (κ1) is 14.4. The molecule has 0 saturated heterocycles. The van der Waals surface area contributed by atoms with E-state index in [2.05, 4.69) is 10.6 Å². The van der Waals surface area contributed by atoms with Gasteiger partial charge in [0, 0.05) is 17.1 Å². The van der Waals surface area contributed by atoms with Gasteiger partial charge in [0.25, 0.3) is 5.91 Å². The molecule has 108 valence electrons. The molecule has 2 N–H and O–H groups in total. The number of fused-ring (bicyclic) bond motifs is 1. The highest BCUT2D eigenvalue weighted by atomic mass is 35.5. The predicted molar refractivity (Wildman–Crippen MR) is 86.3 cm³/mol. The van der Waals surface area contributed by atoms with Crippen LogP contribution in [-0.4, -0.2) is 12.5 Å². The highest BCUT2D eigenvalue weighted by molar-refractivity contribution is 6.35. The number of carbonyl (C=O) groups excluding carboxylic acids is 1. The third-order valence-corrected chi connectivity index (χ3v) is 4.13. The lowest BCUT2D eigenvalue weighted by molar-refractivity contribution is 0.102. The zero-order valence-corrected chi connectivity index (χ0v) is 12.8. The largest absolute Gasteiger partial charge is 0.321 e. The number of nitrogens with one attached hydrogen (secondary N) is 2. The average molecular weight is 321 g/mol. The van der Waals surface area contributed by atoms with Crippen LogP contribution in [0.3, 0.4) is 0 Å². The maximum Gasteiger partial charge on any atom is 0.255 e. The van der Waals surface area contributed by atoms with Crippen LogP contribution in [-0.2, 0) is 13.0 Å². The number of halogens is 2. The number of rotatable bonds is 2. The Labute approximate surface area is 133 Å². The predicted octanol–water partition coefficient (Wildman–Crippen LogP) is 3.89. The highest BCUT2D eigenvalue weighted by Gasteiger charge is 2.18. The maximum atomic E-state index is 12.5. The van der Waals surface area contributed by atoms with Gasteiger partial charge in [-0.3, -0.25) is 4.79 Å². The molecule has 0 radical (unpaired) electrons. The van der Waals surface area contributed by atoms with Crippen LogP contribution in [0, 0.1) is 0 Å². The van der Waals surface area contributed by atoms with Crippen molar-refractivity contribution in [1.29, 1.82) is 0 Å². The van der Waals surface area contributed by atoms with E-state index >= 15 is 0 Å². The van der Waals surface area contributed by atoms with E-state index < -0.39 is 0 Å².